The van der Waals surface area contributed by atoms with Gasteiger partial charge in [-0.3, -0.25) is 9.59 Å². The van der Waals surface area contributed by atoms with E-state index in [-0.39, 0.29) is 18.4 Å². The first-order valence-corrected chi connectivity index (χ1v) is 9.11. The van der Waals surface area contributed by atoms with Gasteiger partial charge in [0.25, 0.3) is 0 Å². The molecule has 1 aromatic carbocycles. The lowest BCUT2D eigenvalue weighted by molar-refractivity contribution is -0.125. The first kappa shape index (κ1) is 18.5. The van der Waals surface area contributed by atoms with Crippen molar-refractivity contribution in [3.63, 3.8) is 0 Å². The molecule has 0 radical (unpaired) electrons. The second-order valence-corrected chi connectivity index (χ2v) is 7.11. The van der Waals surface area contributed by atoms with E-state index < -0.39 is 0 Å². The van der Waals surface area contributed by atoms with E-state index >= 15 is 0 Å². The van der Waals surface area contributed by atoms with Crippen molar-refractivity contribution in [3.05, 3.63) is 18.2 Å². The fourth-order valence-electron chi connectivity index (χ4n) is 3.94. The SMILES string of the molecule is COc1cc(NC(=O)CNC(=O)CC2CC3CCC(C2)N3)cc(OC)c1. The first-order chi connectivity index (χ1) is 12.6. The summed E-state index contributed by atoms with van der Waals surface area (Å²) in [6, 6.07) is 6.26. The van der Waals surface area contributed by atoms with Crippen molar-refractivity contribution in [2.45, 2.75) is 44.2 Å². The zero-order valence-electron chi connectivity index (χ0n) is 15.3. The van der Waals surface area contributed by atoms with Crippen molar-refractivity contribution in [1.82, 2.24) is 10.6 Å². The number of rotatable bonds is 7. The van der Waals surface area contributed by atoms with Crippen LogP contribution < -0.4 is 25.4 Å². The van der Waals surface area contributed by atoms with Gasteiger partial charge in [0.15, 0.2) is 0 Å². The molecule has 2 bridgehead atoms. The lowest BCUT2D eigenvalue weighted by atomic mass is 9.89. The van der Waals surface area contributed by atoms with Crippen LogP contribution in [0.25, 0.3) is 0 Å². The first-order valence-electron chi connectivity index (χ1n) is 9.11. The van der Waals surface area contributed by atoms with Gasteiger partial charge in [-0.25, -0.2) is 0 Å². The Kier molecular flexibility index (Phi) is 5.98. The van der Waals surface area contributed by atoms with Crippen molar-refractivity contribution in [3.8, 4) is 11.5 Å². The van der Waals surface area contributed by atoms with E-state index in [1.807, 2.05) is 0 Å². The Morgan fingerprint density at radius 3 is 2.23 bits per heavy atom. The minimum atomic E-state index is -0.279. The van der Waals surface area contributed by atoms with Gasteiger partial charge in [-0.2, -0.15) is 0 Å². The zero-order chi connectivity index (χ0) is 18.5. The highest BCUT2D eigenvalue weighted by atomic mass is 16.5. The molecular formula is C19H27N3O4. The van der Waals surface area contributed by atoms with E-state index in [0.29, 0.717) is 41.6 Å². The Bertz CT molecular complexity index is 630. The summed E-state index contributed by atoms with van der Waals surface area (Å²) in [6.07, 6.45) is 5.04. The van der Waals surface area contributed by atoms with E-state index in [2.05, 4.69) is 16.0 Å². The summed E-state index contributed by atoms with van der Waals surface area (Å²) in [4.78, 5) is 24.3. The van der Waals surface area contributed by atoms with Gasteiger partial charge in [0.1, 0.15) is 11.5 Å². The maximum atomic E-state index is 12.2. The number of ether oxygens (including phenoxy) is 2. The molecule has 3 N–H and O–H groups in total. The fraction of sp³-hybridized carbons (Fsp3) is 0.579. The number of carbonyl (C=O) groups is 2. The number of piperidine rings is 1. The predicted octanol–water partition coefficient (Wildman–Crippen LogP) is 1.68. The minimum absolute atomic E-state index is 0.0455. The second-order valence-electron chi connectivity index (χ2n) is 7.11. The molecular weight excluding hydrogens is 334 g/mol. The molecule has 2 heterocycles. The molecule has 1 aromatic rings. The number of hydrogen-bond acceptors (Lipinski definition) is 5. The van der Waals surface area contributed by atoms with Gasteiger partial charge in [-0.15, -0.1) is 0 Å². The third-order valence-electron chi connectivity index (χ3n) is 5.13. The van der Waals surface area contributed by atoms with Crippen LogP contribution >= 0.6 is 0 Å². The maximum Gasteiger partial charge on any atom is 0.243 e. The highest BCUT2D eigenvalue weighted by Crippen LogP contribution is 2.32. The summed E-state index contributed by atoms with van der Waals surface area (Å²) in [6.45, 7) is -0.0455. The van der Waals surface area contributed by atoms with Crippen LogP contribution in [0.1, 0.15) is 32.1 Å². The smallest absolute Gasteiger partial charge is 0.243 e. The van der Waals surface area contributed by atoms with Gasteiger partial charge in [-0.05, 0) is 31.6 Å². The van der Waals surface area contributed by atoms with Crippen LogP contribution in [0.5, 0.6) is 11.5 Å². The Hall–Kier alpha value is -2.28. The van der Waals surface area contributed by atoms with Crippen LogP contribution in [0.4, 0.5) is 5.69 Å². The van der Waals surface area contributed by atoms with Crippen LogP contribution in [0.15, 0.2) is 18.2 Å². The third kappa shape index (κ3) is 4.88. The minimum Gasteiger partial charge on any atom is -0.497 e. The van der Waals surface area contributed by atoms with Gasteiger partial charge in [0.2, 0.25) is 11.8 Å². The molecule has 2 unspecified atom stereocenters. The van der Waals surface area contributed by atoms with Crippen molar-refractivity contribution >= 4 is 17.5 Å². The molecule has 26 heavy (non-hydrogen) atoms. The number of anilines is 1. The number of carbonyl (C=O) groups excluding carboxylic acids is 2. The summed E-state index contributed by atoms with van der Waals surface area (Å²) in [5.74, 6) is 1.25. The van der Waals surface area contributed by atoms with Gasteiger partial charge < -0.3 is 25.4 Å². The lowest BCUT2D eigenvalue weighted by Gasteiger charge is -2.28. The number of amides is 2. The number of fused-ring (bicyclic) bond motifs is 2. The Morgan fingerprint density at radius 2 is 1.65 bits per heavy atom. The molecule has 0 saturated carbocycles. The van der Waals surface area contributed by atoms with E-state index in [1.54, 1.807) is 32.4 Å². The monoisotopic (exact) mass is 361 g/mol. The quantitative estimate of drug-likeness (QED) is 0.688. The van der Waals surface area contributed by atoms with Crippen LogP contribution in [-0.2, 0) is 9.59 Å². The van der Waals surface area contributed by atoms with Gasteiger partial charge >= 0.3 is 0 Å². The maximum absolute atomic E-state index is 12.2. The standard InChI is InChI=1S/C19H27N3O4/c1-25-16-8-15(9-17(10-16)26-2)22-19(24)11-20-18(23)7-12-5-13-3-4-14(6-12)21-13/h8-10,12-14,21H,3-7,11H2,1-2H3,(H,20,23)(H,22,24). The average molecular weight is 361 g/mol. The second kappa shape index (κ2) is 8.40. The van der Waals surface area contributed by atoms with Crippen LogP contribution in [-0.4, -0.2) is 44.7 Å². The summed E-state index contributed by atoms with van der Waals surface area (Å²) in [7, 11) is 3.10. The summed E-state index contributed by atoms with van der Waals surface area (Å²) in [5, 5.41) is 9.05. The van der Waals surface area contributed by atoms with Crippen LogP contribution in [0.3, 0.4) is 0 Å². The molecule has 3 rings (SSSR count). The van der Waals surface area contributed by atoms with Gasteiger partial charge in [0.05, 0.1) is 20.8 Å². The number of methoxy groups -OCH3 is 2. The molecule has 2 amide bonds. The highest BCUT2D eigenvalue weighted by Gasteiger charge is 2.34. The van der Waals surface area contributed by atoms with Crippen molar-refractivity contribution in [2.24, 2.45) is 5.92 Å². The molecule has 0 aromatic heterocycles. The third-order valence-corrected chi connectivity index (χ3v) is 5.13. The Morgan fingerprint density at radius 1 is 1.04 bits per heavy atom. The van der Waals surface area contributed by atoms with E-state index in [4.69, 9.17) is 9.47 Å². The zero-order valence-corrected chi connectivity index (χ0v) is 15.3. The number of nitrogens with one attached hydrogen (secondary N) is 3. The molecule has 2 saturated heterocycles. The van der Waals surface area contributed by atoms with Crippen LogP contribution in [0.2, 0.25) is 0 Å². The topological polar surface area (TPSA) is 88.7 Å². The molecule has 7 nitrogen and oxygen atoms in total. The predicted molar refractivity (Wildman–Crippen MR) is 98.5 cm³/mol. The van der Waals surface area contributed by atoms with E-state index in [9.17, 15) is 9.59 Å². The molecule has 2 atom stereocenters. The average Bonchev–Trinajstić information content (AvgIpc) is 2.98. The van der Waals surface area contributed by atoms with Crippen molar-refractivity contribution in [1.29, 1.82) is 0 Å². The van der Waals surface area contributed by atoms with E-state index in [0.717, 1.165) is 12.8 Å². The molecule has 0 aliphatic carbocycles. The van der Waals surface area contributed by atoms with Gasteiger partial charge in [-0.1, -0.05) is 0 Å². The molecule has 2 aliphatic heterocycles. The van der Waals surface area contributed by atoms with Crippen LogP contribution in [0, 0.1) is 5.92 Å². The number of hydrogen-bond donors (Lipinski definition) is 3. The lowest BCUT2D eigenvalue weighted by Crippen LogP contribution is -2.40. The molecule has 142 valence electrons. The largest absolute Gasteiger partial charge is 0.497 e. The summed E-state index contributed by atoms with van der Waals surface area (Å²) in [5.41, 5.74) is 0.565. The Balaban J connectivity index is 1.44. The van der Waals surface area contributed by atoms with Gasteiger partial charge in [0, 0.05) is 42.4 Å². The highest BCUT2D eigenvalue weighted by molar-refractivity contribution is 5.94. The number of benzene rings is 1. The summed E-state index contributed by atoms with van der Waals surface area (Å²) < 4.78 is 10.4. The fourth-order valence-corrected chi connectivity index (χ4v) is 3.94. The van der Waals surface area contributed by atoms with Crippen molar-refractivity contribution in [2.75, 3.05) is 26.1 Å². The molecule has 7 heteroatoms. The van der Waals surface area contributed by atoms with E-state index in [1.165, 1.54) is 12.8 Å². The van der Waals surface area contributed by atoms with Crippen molar-refractivity contribution < 1.29 is 19.1 Å². The Labute approximate surface area is 153 Å². The molecule has 2 fully saturated rings. The summed E-state index contributed by atoms with van der Waals surface area (Å²) >= 11 is 0. The normalized spacial score (nSPS) is 24.0. The molecule has 0 spiro atoms. The molecule has 2 aliphatic rings.